The van der Waals surface area contributed by atoms with Crippen molar-refractivity contribution in [2.24, 2.45) is 0 Å². The smallest absolute Gasteiger partial charge is 0.166 e. The Morgan fingerprint density at radius 1 is 1.53 bits per heavy atom. The van der Waals surface area contributed by atoms with Gasteiger partial charge in [-0.1, -0.05) is 0 Å². The number of rotatable bonds is 6. The van der Waals surface area contributed by atoms with Crippen molar-refractivity contribution < 1.29 is 9.47 Å². The minimum absolute atomic E-state index is 0.335. The molecule has 4 nitrogen and oxygen atoms in total. The molecule has 5 heteroatoms. The molecule has 2 unspecified atom stereocenters. The second-order valence-electron chi connectivity index (χ2n) is 4.35. The van der Waals surface area contributed by atoms with Crippen molar-refractivity contribution in [1.82, 2.24) is 10.6 Å². The van der Waals surface area contributed by atoms with Crippen molar-refractivity contribution in [2.75, 3.05) is 26.4 Å². The van der Waals surface area contributed by atoms with Crippen LogP contribution < -0.4 is 10.6 Å². The van der Waals surface area contributed by atoms with E-state index in [0.29, 0.717) is 12.1 Å². The second-order valence-corrected chi connectivity index (χ2v) is 4.76. The number of hydrogen-bond acceptors (Lipinski definition) is 3. The zero-order valence-corrected chi connectivity index (χ0v) is 11.6. The van der Waals surface area contributed by atoms with Crippen molar-refractivity contribution in [2.45, 2.75) is 45.3 Å². The molecule has 1 aliphatic heterocycles. The van der Waals surface area contributed by atoms with Gasteiger partial charge in [0.05, 0.1) is 6.10 Å². The Hall–Kier alpha value is -0.390. The third-order valence-corrected chi connectivity index (χ3v) is 3.04. The molecule has 1 aliphatic rings. The fourth-order valence-electron chi connectivity index (χ4n) is 1.89. The van der Waals surface area contributed by atoms with Crippen LogP contribution in [0.15, 0.2) is 0 Å². The number of thiocarbonyl (C=S) groups is 1. The van der Waals surface area contributed by atoms with Gasteiger partial charge in [0.2, 0.25) is 0 Å². The van der Waals surface area contributed by atoms with E-state index in [4.69, 9.17) is 21.7 Å². The van der Waals surface area contributed by atoms with Gasteiger partial charge in [-0.3, -0.25) is 0 Å². The quantitative estimate of drug-likeness (QED) is 0.559. The first-order valence-electron chi connectivity index (χ1n) is 6.46. The van der Waals surface area contributed by atoms with Crippen molar-refractivity contribution in [3.63, 3.8) is 0 Å². The lowest BCUT2D eigenvalue weighted by atomic mass is 10.0. The Kier molecular flexibility index (Phi) is 7.48. The summed E-state index contributed by atoms with van der Waals surface area (Å²) in [6.07, 6.45) is 3.38. The van der Waals surface area contributed by atoms with E-state index in [1.54, 1.807) is 0 Å². The maximum Gasteiger partial charge on any atom is 0.166 e. The van der Waals surface area contributed by atoms with E-state index in [9.17, 15) is 0 Å². The van der Waals surface area contributed by atoms with E-state index in [1.165, 1.54) is 0 Å². The molecule has 0 bridgehead atoms. The van der Waals surface area contributed by atoms with Gasteiger partial charge in [-0.15, -0.1) is 0 Å². The van der Waals surface area contributed by atoms with E-state index < -0.39 is 0 Å². The van der Waals surface area contributed by atoms with E-state index in [2.05, 4.69) is 17.6 Å². The van der Waals surface area contributed by atoms with E-state index >= 15 is 0 Å². The molecule has 17 heavy (non-hydrogen) atoms. The Morgan fingerprint density at radius 3 is 3.06 bits per heavy atom. The minimum Gasteiger partial charge on any atom is -0.382 e. The zero-order chi connectivity index (χ0) is 12.5. The molecule has 1 rings (SSSR count). The van der Waals surface area contributed by atoms with Gasteiger partial charge < -0.3 is 20.1 Å². The van der Waals surface area contributed by atoms with Crippen LogP contribution in [-0.4, -0.2) is 43.6 Å². The fourth-order valence-corrected chi connectivity index (χ4v) is 2.15. The Balaban J connectivity index is 2.04. The average Bonchev–Trinajstić information content (AvgIpc) is 2.29. The number of hydrogen-bond donors (Lipinski definition) is 2. The highest BCUT2D eigenvalue weighted by atomic mass is 32.1. The largest absolute Gasteiger partial charge is 0.382 e. The maximum atomic E-state index is 5.49. The molecule has 0 spiro atoms. The van der Waals surface area contributed by atoms with Crippen LogP contribution >= 0.6 is 12.2 Å². The summed E-state index contributed by atoms with van der Waals surface area (Å²) in [6, 6.07) is 0.450. The van der Waals surface area contributed by atoms with Crippen molar-refractivity contribution in [1.29, 1.82) is 0 Å². The summed E-state index contributed by atoms with van der Waals surface area (Å²) in [6.45, 7) is 7.37. The van der Waals surface area contributed by atoms with Crippen molar-refractivity contribution in [3.8, 4) is 0 Å². The van der Waals surface area contributed by atoms with Crippen LogP contribution in [0.1, 0.15) is 33.1 Å². The number of ether oxygens (including phenoxy) is 2. The molecule has 0 saturated carbocycles. The van der Waals surface area contributed by atoms with Gasteiger partial charge in [0, 0.05) is 32.4 Å². The first-order chi connectivity index (χ1) is 8.22. The Labute approximate surface area is 109 Å². The van der Waals surface area contributed by atoms with Gasteiger partial charge in [-0.05, 0) is 45.3 Å². The lowest BCUT2D eigenvalue weighted by molar-refractivity contribution is 0.0166. The standard InChI is InChI=1S/C12H24N2O2S/c1-3-15-7-4-6-13-12(17)14-11-5-8-16-10(2)9-11/h10-11H,3-9H2,1-2H3,(H2,13,14,17). The van der Waals surface area contributed by atoms with Crippen LogP contribution in [-0.2, 0) is 9.47 Å². The highest BCUT2D eigenvalue weighted by molar-refractivity contribution is 7.80. The van der Waals surface area contributed by atoms with Crippen LogP contribution in [0.3, 0.4) is 0 Å². The lowest BCUT2D eigenvalue weighted by Crippen LogP contribution is -2.46. The highest BCUT2D eigenvalue weighted by Crippen LogP contribution is 2.12. The normalized spacial score (nSPS) is 24.4. The summed E-state index contributed by atoms with van der Waals surface area (Å²) < 4.78 is 10.8. The molecule has 0 aliphatic carbocycles. The maximum absolute atomic E-state index is 5.49. The minimum atomic E-state index is 0.335. The van der Waals surface area contributed by atoms with Gasteiger partial charge in [0.1, 0.15) is 0 Å². The molecule has 1 saturated heterocycles. The highest BCUT2D eigenvalue weighted by Gasteiger charge is 2.19. The molecule has 1 fully saturated rings. The first kappa shape index (κ1) is 14.7. The SMILES string of the molecule is CCOCCCNC(=S)NC1CCOC(C)C1. The monoisotopic (exact) mass is 260 g/mol. The first-order valence-corrected chi connectivity index (χ1v) is 6.87. The van der Waals surface area contributed by atoms with Gasteiger partial charge in [0.15, 0.2) is 5.11 Å². The molecule has 0 aromatic carbocycles. The average molecular weight is 260 g/mol. The third-order valence-electron chi connectivity index (χ3n) is 2.78. The van der Waals surface area contributed by atoms with Crippen LogP contribution in [0, 0.1) is 0 Å². The van der Waals surface area contributed by atoms with Gasteiger partial charge in [-0.25, -0.2) is 0 Å². The Morgan fingerprint density at radius 2 is 2.35 bits per heavy atom. The molecule has 0 amide bonds. The zero-order valence-electron chi connectivity index (χ0n) is 10.8. The summed E-state index contributed by atoms with van der Waals surface area (Å²) in [5.74, 6) is 0. The summed E-state index contributed by atoms with van der Waals surface area (Å²) >= 11 is 5.25. The molecule has 0 radical (unpaired) electrons. The predicted octanol–water partition coefficient (Wildman–Crippen LogP) is 1.44. The molecule has 0 aromatic rings. The summed E-state index contributed by atoms with van der Waals surface area (Å²) in [5, 5.41) is 7.29. The van der Waals surface area contributed by atoms with Gasteiger partial charge in [-0.2, -0.15) is 0 Å². The van der Waals surface area contributed by atoms with Crippen LogP contribution in [0.2, 0.25) is 0 Å². The molecule has 100 valence electrons. The summed E-state index contributed by atoms with van der Waals surface area (Å²) in [5.41, 5.74) is 0. The van der Waals surface area contributed by atoms with E-state index in [-0.39, 0.29) is 0 Å². The molecule has 2 atom stereocenters. The molecule has 2 N–H and O–H groups in total. The number of nitrogens with one attached hydrogen (secondary N) is 2. The molecule has 0 aromatic heterocycles. The van der Waals surface area contributed by atoms with Crippen molar-refractivity contribution >= 4 is 17.3 Å². The molecular weight excluding hydrogens is 236 g/mol. The third kappa shape index (κ3) is 6.81. The fraction of sp³-hybridized carbons (Fsp3) is 0.917. The molecule has 1 heterocycles. The van der Waals surface area contributed by atoms with Crippen LogP contribution in [0.4, 0.5) is 0 Å². The topological polar surface area (TPSA) is 42.5 Å². The predicted molar refractivity (Wildman–Crippen MR) is 73.3 cm³/mol. The molecular formula is C12H24N2O2S. The summed E-state index contributed by atoms with van der Waals surface area (Å²) in [7, 11) is 0. The Bertz CT molecular complexity index is 227. The van der Waals surface area contributed by atoms with Gasteiger partial charge >= 0.3 is 0 Å². The van der Waals surface area contributed by atoms with Gasteiger partial charge in [0.25, 0.3) is 0 Å². The van der Waals surface area contributed by atoms with E-state index in [0.717, 1.165) is 50.7 Å². The van der Waals surface area contributed by atoms with Crippen LogP contribution in [0.25, 0.3) is 0 Å². The van der Waals surface area contributed by atoms with E-state index in [1.807, 2.05) is 6.92 Å². The van der Waals surface area contributed by atoms with Crippen LogP contribution in [0.5, 0.6) is 0 Å². The summed E-state index contributed by atoms with van der Waals surface area (Å²) in [4.78, 5) is 0. The van der Waals surface area contributed by atoms with Crippen molar-refractivity contribution in [3.05, 3.63) is 0 Å². The second kappa shape index (κ2) is 8.66. The lowest BCUT2D eigenvalue weighted by Gasteiger charge is -2.28.